The normalized spacial score (nSPS) is 33.3. The van der Waals surface area contributed by atoms with Gasteiger partial charge in [0.2, 0.25) is 0 Å². The Hall–Kier alpha value is -0.0800. The van der Waals surface area contributed by atoms with E-state index in [1.54, 1.807) is 0 Å². The van der Waals surface area contributed by atoms with Gasteiger partial charge in [-0.25, -0.2) is 0 Å². The lowest BCUT2D eigenvalue weighted by molar-refractivity contribution is 0.0674. The predicted molar refractivity (Wildman–Crippen MR) is 78.9 cm³/mol. The first-order valence-corrected chi connectivity index (χ1v) is 8.17. The van der Waals surface area contributed by atoms with Crippen LogP contribution in [0.25, 0.3) is 0 Å². The van der Waals surface area contributed by atoms with Crippen LogP contribution in [0.15, 0.2) is 0 Å². The number of hydrogen-bond acceptors (Lipinski definition) is 2. The molecule has 3 atom stereocenters. The molecule has 3 unspecified atom stereocenters. The van der Waals surface area contributed by atoms with Gasteiger partial charge in [0.1, 0.15) is 0 Å². The molecular weight excluding hydrogens is 220 g/mol. The minimum Gasteiger partial charge on any atom is -0.311 e. The monoisotopic (exact) mass is 252 g/mol. The molecule has 0 aliphatic carbocycles. The van der Waals surface area contributed by atoms with Gasteiger partial charge in [-0.3, -0.25) is 4.90 Å². The zero-order valence-corrected chi connectivity index (χ0v) is 12.8. The molecule has 2 rings (SSSR count). The largest absolute Gasteiger partial charge is 0.311 e. The van der Waals surface area contributed by atoms with Crippen LogP contribution in [0.2, 0.25) is 0 Å². The van der Waals surface area contributed by atoms with Crippen LogP contribution in [0.4, 0.5) is 0 Å². The van der Waals surface area contributed by atoms with Gasteiger partial charge in [-0.2, -0.15) is 0 Å². The Morgan fingerprint density at radius 2 is 1.72 bits per heavy atom. The molecule has 0 aromatic carbocycles. The van der Waals surface area contributed by atoms with E-state index >= 15 is 0 Å². The van der Waals surface area contributed by atoms with Crippen LogP contribution >= 0.6 is 0 Å². The van der Waals surface area contributed by atoms with Gasteiger partial charge in [0.05, 0.1) is 0 Å². The quantitative estimate of drug-likeness (QED) is 0.779. The second-order valence-corrected chi connectivity index (χ2v) is 6.72. The molecular formula is C16H32N2. The molecule has 18 heavy (non-hydrogen) atoms. The zero-order chi connectivity index (χ0) is 13.1. The van der Waals surface area contributed by atoms with Gasteiger partial charge >= 0.3 is 0 Å². The van der Waals surface area contributed by atoms with Crippen LogP contribution in [-0.2, 0) is 0 Å². The summed E-state index contributed by atoms with van der Waals surface area (Å²) in [7, 11) is 0. The van der Waals surface area contributed by atoms with E-state index in [0.717, 1.165) is 30.1 Å². The summed E-state index contributed by atoms with van der Waals surface area (Å²) in [5.41, 5.74) is 0. The van der Waals surface area contributed by atoms with Gasteiger partial charge in [0, 0.05) is 24.2 Å². The average Bonchev–Trinajstić information content (AvgIpc) is 2.68. The molecule has 2 fully saturated rings. The molecule has 2 aliphatic rings. The number of rotatable bonds is 6. The van der Waals surface area contributed by atoms with Crippen molar-refractivity contribution in [3.63, 3.8) is 0 Å². The molecule has 2 heteroatoms. The second-order valence-electron chi connectivity index (χ2n) is 6.72. The van der Waals surface area contributed by atoms with Crippen LogP contribution in [0, 0.1) is 5.92 Å². The highest BCUT2D eigenvalue weighted by Gasteiger charge is 2.37. The van der Waals surface area contributed by atoms with Crippen LogP contribution in [-0.4, -0.2) is 35.6 Å². The summed E-state index contributed by atoms with van der Waals surface area (Å²) >= 11 is 0. The molecule has 0 saturated carbocycles. The molecule has 2 nitrogen and oxygen atoms in total. The SMILES string of the molecule is CCCN(C1CC2CCC(C1)N2)C(CC)C(C)C. The minimum absolute atomic E-state index is 0.785. The Balaban J connectivity index is 2.04. The van der Waals surface area contributed by atoms with Gasteiger partial charge < -0.3 is 5.32 Å². The van der Waals surface area contributed by atoms with Gasteiger partial charge in [-0.15, -0.1) is 0 Å². The third-order valence-corrected chi connectivity index (χ3v) is 5.01. The summed E-state index contributed by atoms with van der Waals surface area (Å²) < 4.78 is 0. The number of fused-ring (bicyclic) bond motifs is 2. The van der Waals surface area contributed by atoms with Gasteiger partial charge in [0.25, 0.3) is 0 Å². The van der Waals surface area contributed by atoms with E-state index in [2.05, 4.69) is 37.9 Å². The fraction of sp³-hybridized carbons (Fsp3) is 1.00. The molecule has 2 aliphatic heterocycles. The van der Waals surface area contributed by atoms with E-state index in [1.165, 1.54) is 45.1 Å². The molecule has 1 N–H and O–H groups in total. The average molecular weight is 252 g/mol. The number of nitrogens with zero attached hydrogens (tertiary/aromatic N) is 1. The molecule has 106 valence electrons. The molecule has 0 aromatic rings. The van der Waals surface area contributed by atoms with E-state index < -0.39 is 0 Å². The Bertz CT molecular complexity index is 239. The first-order chi connectivity index (χ1) is 8.65. The third-order valence-electron chi connectivity index (χ3n) is 5.01. The fourth-order valence-corrected chi connectivity index (χ4v) is 4.26. The lowest BCUT2D eigenvalue weighted by Gasteiger charge is -2.43. The van der Waals surface area contributed by atoms with Crippen LogP contribution in [0.5, 0.6) is 0 Å². The Morgan fingerprint density at radius 3 is 2.17 bits per heavy atom. The fourth-order valence-electron chi connectivity index (χ4n) is 4.26. The van der Waals surface area contributed by atoms with Gasteiger partial charge in [0.15, 0.2) is 0 Å². The zero-order valence-electron chi connectivity index (χ0n) is 12.8. The van der Waals surface area contributed by atoms with E-state index in [0.29, 0.717) is 0 Å². The first-order valence-electron chi connectivity index (χ1n) is 8.17. The van der Waals surface area contributed by atoms with Gasteiger partial charge in [-0.1, -0.05) is 27.7 Å². The summed E-state index contributed by atoms with van der Waals surface area (Å²) in [4.78, 5) is 2.86. The van der Waals surface area contributed by atoms with E-state index in [4.69, 9.17) is 0 Å². The van der Waals surface area contributed by atoms with Crippen molar-refractivity contribution in [2.45, 2.75) is 90.4 Å². The van der Waals surface area contributed by atoms with Crippen molar-refractivity contribution in [2.24, 2.45) is 5.92 Å². The van der Waals surface area contributed by atoms with E-state index in [9.17, 15) is 0 Å². The summed E-state index contributed by atoms with van der Waals surface area (Å²) in [5.74, 6) is 0.786. The van der Waals surface area contributed by atoms with Crippen molar-refractivity contribution < 1.29 is 0 Å². The number of piperidine rings is 1. The minimum atomic E-state index is 0.785. The van der Waals surface area contributed by atoms with Gasteiger partial charge in [-0.05, 0) is 51.0 Å². The highest BCUT2D eigenvalue weighted by molar-refractivity contribution is 4.97. The summed E-state index contributed by atoms with van der Waals surface area (Å²) in [5, 5.41) is 3.78. The van der Waals surface area contributed by atoms with Crippen molar-refractivity contribution in [3.05, 3.63) is 0 Å². The molecule has 2 saturated heterocycles. The first kappa shape index (κ1) is 14.3. The molecule has 0 radical (unpaired) electrons. The topological polar surface area (TPSA) is 15.3 Å². The molecule has 2 heterocycles. The third kappa shape index (κ3) is 3.08. The van der Waals surface area contributed by atoms with Crippen LogP contribution in [0.1, 0.15) is 66.2 Å². The Labute approximate surface area is 114 Å². The molecule has 0 spiro atoms. The van der Waals surface area contributed by atoms with E-state index in [1.807, 2.05) is 0 Å². The number of nitrogens with one attached hydrogen (secondary N) is 1. The van der Waals surface area contributed by atoms with E-state index in [-0.39, 0.29) is 0 Å². The Kier molecular flexibility index (Phi) is 5.08. The van der Waals surface area contributed by atoms with Crippen molar-refractivity contribution in [2.75, 3.05) is 6.54 Å². The maximum atomic E-state index is 3.78. The van der Waals surface area contributed by atoms with Crippen molar-refractivity contribution in [1.29, 1.82) is 0 Å². The highest BCUT2D eigenvalue weighted by atomic mass is 15.2. The number of hydrogen-bond donors (Lipinski definition) is 1. The second kappa shape index (κ2) is 6.38. The van der Waals surface area contributed by atoms with Crippen molar-refractivity contribution >= 4 is 0 Å². The lowest BCUT2D eigenvalue weighted by atomic mass is 9.92. The van der Waals surface area contributed by atoms with Crippen molar-refractivity contribution in [1.82, 2.24) is 10.2 Å². The summed E-state index contributed by atoms with van der Waals surface area (Å²) in [6, 6.07) is 3.26. The Morgan fingerprint density at radius 1 is 1.11 bits per heavy atom. The molecule has 0 aromatic heterocycles. The van der Waals surface area contributed by atoms with Crippen molar-refractivity contribution in [3.8, 4) is 0 Å². The highest BCUT2D eigenvalue weighted by Crippen LogP contribution is 2.32. The van der Waals surface area contributed by atoms with Crippen LogP contribution < -0.4 is 5.32 Å². The predicted octanol–water partition coefficient (Wildman–Crippen LogP) is 3.42. The standard InChI is InChI=1S/C16H32N2/c1-5-9-18(16(6-2)12(3)4)15-10-13-7-8-14(11-15)17-13/h12-17H,5-11H2,1-4H3. The molecule has 0 amide bonds. The summed E-state index contributed by atoms with van der Waals surface area (Å²) in [6.07, 6.45) is 8.21. The summed E-state index contributed by atoms with van der Waals surface area (Å²) in [6.45, 7) is 10.8. The molecule has 2 bridgehead atoms. The lowest BCUT2D eigenvalue weighted by Crippen LogP contribution is -2.53. The smallest absolute Gasteiger partial charge is 0.0128 e. The van der Waals surface area contributed by atoms with Crippen LogP contribution in [0.3, 0.4) is 0 Å². The maximum absolute atomic E-state index is 3.78. The maximum Gasteiger partial charge on any atom is 0.0128 e.